The molecule has 0 saturated heterocycles. The molecule has 0 bridgehead atoms. The van der Waals surface area contributed by atoms with Gasteiger partial charge in [-0.05, 0) is 24.6 Å². The number of ether oxygens (including phenoxy) is 1. The van der Waals surface area contributed by atoms with Crippen LogP contribution in [0.2, 0.25) is 19.6 Å². The predicted molar refractivity (Wildman–Crippen MR) is 85.2 cm³/mol. The highest BCUT2D eigenvalue weighted by atomic mass is 28.3. The van der Waals surface area contributed by atoms with Gasteiger partial charge in [0.05, 0.1) is 15.2 Å². The first-order valence-electron chi connectivity index (χ1n) is 6.53. The number of carbonyl (C=O) groups is 1. The normalized spacial score (nSPS) is 13.2. The largest absolute Gasteiger partial charge is 0.507 e. The molecule has 3 nitrogen and oxygen atoms in total. The summed E-state index contributed by atoms with van der Waals surface area (Å²) in [6.07, 6.45) is 3.12. The lowest BCUT2D eigenvalue weighted by Gasteiger charge is -2.21. The summed E-state index contributed by atoms with van der Waals surface area (Å²) in [6, 6.07) is 7.16. The number of allylic oxidation sites excluding steroid dienone is 3. The lowest BCUT2D eigenvalue weighted by molar-refractivity contribution is -0.134. The molecule has 4 heteroatoms. The third-order valence-electron chi connectivity index (χ3n) is 3.31. The van der Waals surface area contributed by atoms with E-state index in [-0.39, 0.29) is 5.75 Å². The standard InChI is InChI=1S/C16H22O3Si/c1-12(20(3,4)5)13(10-11-16(18)19-2)14-8-6-7-9-15(14)17/h6-11,17H,1-5H3/b11-10+,13-12-. The first-order chi connectivity index (χ1) is 9.27. The Hall–Kier alpha value is -1.81. The van der Waals surface area contributed by atoms with Gasteiger partial charge in [-0.15, -0.1) is 0 Å². The van der Waals surface area contributed by atoms with Gasteiger partial charge >= 0.3 is 5.97 Å². The molecule has 0 aliphatic rings. The van der Waals surface area contributed by atoms with E-state index < -0.39 is 14.0 Å². The molecule has 1 rings (SSSR count). The van der Waals surface area contributed by atoms with Gasteiger partial charge in [-0.25, -0.2) is 4.79 Å². The van der Waals surface area contributed by atoms with Crippen LogP contribution in [0.5, 0.6) is 5.75 Å². The summed E-state index contributed by atoms with van der Waals surface area (Å²) in [5, 5.41) is 11.3. The number of benzene rings is 1. The van der Waals surface area contributed by atoms with Crippen LogP contribution in [-0.4, -0.2) is 26.3 Å². The van der Waals surface area contributed by atoms with E-state index in [2.05, 4.69) is 31.3 Å². The van der Waals surface area contributed by atoms with E-state index >= 15 is 0 Å². The summed E-state index contributed by atoms with van der Waals surface area (Å²) >= 11 is 0. The van der Waals surface area contributed by atoms with Crippen molar-refractivity contribution in [1.82, 2.24) is 0 Å². The van der Waals surface area contributed by atoms with Crippen LogP contribution in [-0.2, 0) is 9.53 Å². The molecule has 0 saturated carbocycles. The number of hydrogen-bond donors (Lipinski definition) is 1. The summed E-state index contributed by atoms with van der Waals surface area (Å²) in [6.45, 7) is 8.76. The van der Waals surface area contributed by atoms with Crippen LogP contribution in [0.25, 0.3) is 5.57 Å². The average Bonchev–Trinajstić information content (AvgIpc) is 2.39. The molecule has 0 aliphatic carbocycles. The molecule has 0 heterocycles. The van der Waals surface area contributed by atoms with Gasteiger partial charge in [-0.3, -0.25) is 0 Å². The Morgan fingerprint density at radius 2 is 1.80 bits per heavy atom. The molecule has 0 fully saturated rings. The topological polar surface area (TPSA) is 46.5 Å². The fourth-order valence-corrected chi connectivity index (χ4v) is 2.77. The van der Waals surface area contributed by atoms with Crippen molar-refractivity contribution < 1.29 is 14.6 Å². The van der Waals surface area contributed by atoms with E-state index in [0.29, 0.717) is 0 Å². The lowest BCUT2D eigenvalue weighted by atomic mass is 10.0. The maximum Gasteiger partial charge on any atom is 0.330 e. The Labute approximate surface area is 121 Å². The van der Waals surface area contributed by atoms with Crippen molar-refractivity contribution in [2.24, 2.45) is 0 Å². The van der Waals surface area contributed by atoms with Gasteiger partial charge in [0, 0.05) is 11.6 Å². The van der Waals surface area contributed by atoms with Gasteiger partial charge in [0.1, 0.15) is 5.75 Å². The Bertz CT molecular complexity index is 551. The van der Waals surface area contributed by atoms with E-state index in [1.807, 2.05) is 12.1 Å². The quantitative estimate of drug-likeness (QED) is 0.397. The fourth-order valence-electron chi connectivity index (χ4n) is 1.74. The molecule has 0 atom stereocenters. The molecular formula is C16H22O3Si. The maximum absolute atomic E-state index is 11.3. The summed E-state index contributed by atoms with van der Waals surface area (Å²) in [7, 11) is -0.198. The highest BCUT2D eigenvalue weighted by Gasteiger charge is 2.20. The Morgan fingerprint density at radius 3 is 2.30 bits per heavy atom. The second-order valence-electron chi connectivity index (χ2n) is 5.66. The van der Waals surface area contributed by atoms with Crippen molar-refractivity contribution in [3.05, 3.63) is 47.2 Å². The molecule has 0 aliphatic heterocycles. The summed E-state index contributed by atoms with van der Waals surface area (Å²) < 4.78 is 4.63. The monoisotopic (exact) mass is 290 g/mol. The molecule has 0 amide bonds. The average molecular weight is 290 g/mol. The first-order valence-corrected chi connectivity index (χ1v) is 10.0. The van der Waals surface area contributed by atoms with Gasteiger partial charge in [0.2, 0.25) is 0 Å². The Morgan fingerprint density at radius 1 is 1.20 bits per heavy atom. The van der Waals surface area contributed by atoms with Crippen LogP contribution in [0.3, 0.4) is 0 Å². The van der Waals surface area contributed by atoms with Crippen molar-refractivity contribution >= 4 is 19.6 Å². The zero-order valence-electron chi connectivity index (χ0n) is 12.7. The van der Waals surface area contributed by atoms with Crippen molar-refractivity contribution in [2.75, 3.05) is 7.11 Å². The van der Waals surface area contributed by atoms with Gasteiger partial charge < -0.3 is 9.84 Å². The Balaban J connectivity index is 3.41. The minimum Gasteiger partial charge on any atom is -0.507 e. The highest BCUT2D eigenvalue weighted by Crippen LogP contribution is 2.31. The molecule has 1 aromatic rings. The van der Waals surface area contributed by atoms with Gasteiger partial charge in [0.15, 0.2) is 0 Å². The van der Waals surface area contributed by atoms with Gasteiger partial charge in [-0.1, -0.05) is 43.0 Å². The van der Waals surface area contributed by atoms with Gasteiger partial charge in [0.25, 0.3) is 0 Å². The smallest absolute Gasteiger partial charge is 0.330 e. The first kappa shape index (κ1) is 16.2. The molecular weight excluding hydrogens is 268 g/mol. The number of phenols is 1. The summed E-state index contributed by atoms with van der Waals surface area (Å²) in [4.78, 5) is 11.3. The zero-order chi connectivity index (χ0) is 15.3. The van der Waals surface area contributed by atoms with E-state index in [4.69, 9.17) is 0 Å². The van der Waals surface area contributed by atoms with Gasteiger partial charge in [-0.2, -0.15) is 0 Å². The summed E-state index contributed by atoms with van der Waals surface area (Å²) in [5.41, 5.74) is 1.64. The van der Waals surface area contributed by atoms with Crippen molar-refractivity contribution in [3.63, 3.8) is 0 Å². The van der Waals surface area contributed by atoms with Crippen LogP contribution < -0.4 is 0 Å². The third kappa shape index (κ3) is 4.10. The number of rotatable bonds is 4. The minimum absolute atomic E-state index is 0.217. The number of para-hydroxylation sites is 1. The van der Waals surface area contributed by atoms with Crippen LogP contribution in [0, 0.1) is 0 Å². The molecule has 108 valence electrons. The summed E-state index contributed by atoms with van der Waals surface area (Å²) in [5.74, 6) is -0.184. The number of aromatic hydroxyl groups is 1. The molecule has 0 radical (unpaired) electrons. The van der Waals surface area contributed by atoms with Crippen LogP contribution in [0.15, 0.2) is 41.6 Å². The number of carbonyl (C=O) groups excluding carboxylic acids is 1. The number of methoxy groups -OCH3 is 1. The van der Waals surface area contributed by atoms with E-state index in [9.17, 15) is 9.90 Å². The van der Waals surface area contributed by atoms with Crippen molar-refractivity contribution in [3.8, 4) is 5.75 Å². The highest BCUT2D eigenvalue weighted by molar-refractivity contribution is 6.83. The van der Waals surface area contributed by atoms with Crippen molar-refractivity contribution in [1.29, 1.82) is 0 Å². The molecule has 0 unspecified atom stereocenters. The van der Waals surface area contributed by atoms with Crippen LogP contribution >= 0.6 is 0 Å². The van der Waals surface area contributed by atoms with E-state index in [1.165, 1.54) is 18.4 Å². The van der Waals surface area contributed by atoms with E-state index in [0.717, 1.165) is 11.1 Å². The number of phenolic OH excluding ortho intramolecular Hbond substituents is 1. The fraction of sp³-hybridized carbons (Fsp3) is 0.312. The third-order valence-corrected chi connectivity index (χ3v) is 5.83. The Kier molecular flexibility index (Phi) is 5.33. The van der Waals surface area contributed by atoms with Crippen LogP contribution in [0.1, 0.15) is 12.5 Å². The zero-order valence-corrected chi connectivity index (χ0v) is 13.7. The predicted octanol–water partition coefficient (Wildman–Crippen LogP) is 3.77. The second kappa shape index (κ2) is 6.57. The molecule has 20 heavy (non-hydrogen) atoms. The van der Waals surface area contributed by atoms with E-state index in [1.54, 1.807) is 18.2 Å². The second-order valence-corrected chi connectivity index (χ2v) is 10.9. The van der Waals surface area contributed by atoms with Crippen LogP contribution in [0.4, 0.5) is 0 Å². The molecule has 0 spiro atoms. The molecule has 1 N–H and O–H groups in total. The number of esters is 1. The minimum atomic E-state index is -1.55. The lowest BCUT2D eigenvalue weighted by Crippen LogP contribution is -2.23. The SMILES string of the molecule is COC(=O)/C=C/C(=C(\C)[Si](C)(C)C)c1ccccc1O. The molecule has 0 aromatic heterocycles. The molecule has 1 aromatic carbocycles. The van der Waals surface area contributed by atoms with Crippen molar-refractivity contribution in [2.45, 2.75) is 26.6 Å². The maximum atomic E-state index is 11.3. The number of hydrogen-bond acceptors (Lipinski definition) is 3.